The van der Waals surface area contributed by atoms with E-state index in [4.69, 9.17) is 4.98 Å². The lowest BCUT2D eigenvalue weighted by Crippen LogP contribution is -2.10. The quantitative estimate of drug-likeness (QED) is 0.295. The number of aliphatic hydroxyl groups excluding tert-OH is 1. The van der Waals surface area contributed by atoms with Gasteiger partial charge in [-0.2, -0.15) is 0 Å². The number of fused-ring (bicyclic) bond motifs is 12. The predicted octanol–water partition coefficient (Wildman–Crippen LogP) is 6.53. The Morgan fingerprint density at radius 2 is 1.13 bits per heavy atom. The third-order valence-electron chi connectivity index (χ3n) is 6.51. The number of nitrogens with zero attached hydrogens (tertiary/aromatic N) is 2. The summed E-state index contributed by atoms with van der Waals surface area (Å²) >= 11 is 0. The molecule has 1 aromatic heterocycles. The number of hydrogen-bond donors (Lipinski definition) is 1. The fraction of sp³-hybridized carbons (Fsp3) is 0.0357. The van der Waals surface area contributed by atoms with Gasteiger partial charge in [0.15, 0.2) is 6.23 Å². The van der Waals surface area contributed by atoms with Gasteiger partial charge in [0, 0.05) is 21.9 Å². The lowest BCUT2D eigenvalue weighted by molar-refractivity contribution is 0.153. The van der Waals surface area contributed by atoms with Gasteiger partial charge in [0.2, 0.25) is 0 Å². The Kier molecular flexibility index (Phi) is 3.27. The summed E-state index contributed by atoms with van der Waals surface area (Å²) in [7, 11) is 0. The Morgan fingerprint density at radius 3 is 1.90 bits per heavy atom. The normalized spacial score (nSPS) is 14.9. The molecule has 6 aromatic rings. The first-order valence-electron chi connectivity index (χ1n) is 10.5. The summed E-state index contributed by atoms with van der Waals surface area (Å²) in [5.41, 5.74) is 5.98. The Morgan fingerprint density at radius 1 is 0.581 bits per heavy atom. The number of benzene rings is 5. The topological polar surface area (TPSA) is 38.1 Å². The third kappa shape index (κ3) is 2.13. The van der Waals surface area contributed by atoms with Crippen molar-refractivity contribution in [2.75, 3.05) is 0 Å². The minimum Gasteiger partial charge on any atom is -0.369 e. The molecule has 2 heterocycles. The van der Waals surface area contributed by atoms with E-state index in [1.807, 2.05) is 34.9 Å². The molecule has 31 heavy (non-hydrogen) atoms. The minimum atomic E-state index is -0.826. The van der Waals surface area contributed by atoms with Crippen LogP contribution < -0.4 is 0 Å². The second kappa shape index (κ2) is 6.03. The molecule has 0 saturated heterocycles. The van der Waals surface area contributed by atoms with Crippen LogP contribution in [-0.2, 0) is 0 Å². The zero-order valence-electron chi connectivity index (χ0n) is 16.7. The standard InChI is InChI=1S/C28H18N2O/c31-28-24-16-8-4-12-20(24)19-11-3-7-15-23(19)27-29-25-21-13-5-1-9-17(21)18-10-2-6-14-22(18)26(25)30(27)28/h1-16,28,31H. The van der Waals surface area contributed by atoms with Crippen LogP contribution in [0.2, 0.25) is 0 Å². The zero-order valence-corrected chi connectivity index (χ0v) is 16.7. The molecule has 0 saturated carbocycles. The van der Waals surface area contributed by atoms with Crippen LogP contribution in [0.1, 0.15) is 11.8 Å². The number of aromatic nitrogens is 2. The molecule has 1 aliphatic rings. The highest BCUT2D eigenvalue weighted by molar-refractivity contribution is 6.24. The van der Waals surface area contributed by atoms with Crippen molar-refractivity contribution in [3.05, 3.63) is 103 Å². The van der Waals surface area contributed by atoms with Crippen LogP contribution in [0.25, 0.3) is 55.1 Å². The van der Waals surface area contributed by atoms with E-state index < -0.39 is 6.23 Å². The van der Waals surface area contributed by atoms with Crippen LogP contribution in [0, 0.1) is 0 Å². The second-order valence-electron chi connectivity index (χ2n) is 8.10. The first-order valence-corrected chi connectivity index (χ1v) is 10.5. The van der Waals surface area contributed by atoms with Gasteiger partial charge in [-0.1, -0.05) is 97.1 Å². The second-order valence-corrected chi connectivity index (χ2v) is 8.10. The summed E-state index contributed by atoms with van der Waals surface area (Å²) < 4.78 is 2.02. The van der Waals surface area contributed by atoms with Gasteiger partial charge >= 0.3 is 0 Å². The lowest BCUT2D eigenvalue weighted by atomic mass is 9.95. The van der Waals surface area contributed by atoms with Crippen LogP contribution in [-0.4, -0.2) is 14.7 Å². The van der Waals surface area contributed by atoms with Crippen LogP contribution in [0.15, 0.2) is 97.1 Å². The third-order valence-corrected chi connectivity index (χ3v) is 6.51. The predicted molar refractivity (Wildman–Crippen MR) is 126 cm³/mol. The summed E-state index contributed by atoms with van der Waals surface area (Å²) in [5, 5.41) is 16.3. The molecule has 1 atom stereocenters. The fourth-order valence-corrected chi connectivity index (χ4v) is 5.17. The number of aliphatic hydroxyl groups is 1. The number of hydrogen-bond acceptors (Lipinski definition) is 2. The molecule has 146 valence electrons. The maximum absolute atomic E-state index is 11.7. The molecule has 0 amide bonds. The smallest absolute Gasteiger partial charge is 0.159 e. The summed E-state index contributed by atoms with van der Waals surface area (Å²) in [6.45, 7) is 0. The molecule has 1 aliphatic heterocycles. The van der Waals surface area contributed by atoms with Crippen LogP contribution in [0.5, 0.6) is 0 Å². The summed E-state index contributed by atoms with van der Waals surface area (Å²) in [6, 6.07) is 33.2. The van der Waals surface area contributed by atoms with Gasteiger partial charge in [-0.15, -0.1) is 0 Å². The number of imidazole rings is 1. The van der Waals surface area contributed by atoms with Crippen LogP contribution in [0.4, 0.5) is 0 Å². The molecule has 0 aliphatic carbocycles. The van der Waals surface area contributed by atoms with Gasteiger partial charge < -0.3 is 5.11 Å². The Balaban J connectivity index is 1.76. The summed E-state index contributed by atoms with van der Waals surface area (Å²) in [4.78, 5) is 5.17. The van der Waals surface area contributed by atoms with Gasteiger partial charge in [0.05, 0.1) is 11.0 Å². The molecule has 5 aromatic carbocycles. The SMILES string of the molecule is OC1c2ccccc2-c2ccccc2-c2nc3c4ccccc4c4ccccc4c3n21. The van der Waals surface area contributed by atoms with Crippen molar-refractivity contribution >= 4 is 32.6 Å². The van der Waals surface area contributed by atoms with Crippen molar-refractivity contribution in [3.8, 4) is 22.5 Å². The molecule has 0 radical (unpaired) electrons. The Labute approximate surface area is 178 Å². The van der Waals surface area contributed by atoms with Crippen molar-refractivity contribution in [2.24, 2.45) is 0 Å². The molecule has 7 rings (SSSR count). The zero-order chi connectivity index (χ0) is 20.5. The maximum atomic E-state index is 11.7. The Bertz CT molecular complexity index is 1660. The maximum Gasteiger partial charge on any atom is 0.159 e. The van der Waals surface area contributed by atoms with Crippen molar-refractivity contribution in [1.82, 2.24) is 9.55 Å². The molecule has 1 unspecified atom stereocenters. The van der Waals surface area contributed by atoms with Gasteiger partial charge in [-0.3, -0.25) is 4.57 Å². The van der Waals surface area contributed by atoms with Crippen molar-refractivity contribution in [3.63, 3.8) is 0 Å². The van der Waals surface area contributed by atoms with E-state index in [0.29, 0.717) is 0 Å². The summed E-state index contributed by atoms with van der Waals surface area (Å²) in [5.74, 6) is 0.802. The van der Waals surface area contributed by atoms with Crippen molar-refractivity contribution in [2.45, 2.75) is 6.23 Å². The minimum absolute atomic E-state index is 0.802. The van der Waals surface area contributed by atoms with E-state index in [9.17, 15) is 5.11 Å². The van der Waals surface area contributed by atoms with E-state index in [1.54, 1.807) is 0 Å². The molecule has 3 nitrogen and oxygen atoms in total. The highest BCUT2D eigenvalue weighted by Gasteiger charge is 2.29. The first-order chi connectivity index (χ1) is 15.3. The fourth-order valence-electron chi connectivity index (χ4n) is 5.17. The number of rotatable bonds is 0. The summed E-state index contributed by atoms with van der Waals surface area (Å²) in [6.07, 6.45) is -0.826. The van der Waals surface area contributed by atoms with E-state index in [-0.39, 0.29) is 0 Å². The van der Waals surface area contributed by atoms with Crippen molar-refractivity contribution < 1.29 is 5.11 Å². The van der Waals surface area contributed by atoms with E-state index in [1.165, 1.54) is 10.8 Å². The first kappa shape index (κ1) is 16.8. The van der Waals surface area contributed by atoms with E-state index in [2.05, 4.69) is 66.7 Å². The van der Waals surface area contributed by atoms with Gasteiger partial charge in [0.25, 0.3) is 0 Å². The molecule has 0 bridgehead atoms. The largest absolute Gasteiger partial charge is 0.369 e. The van der Waals surface area contributed by atoms with Crippen LogP contribution in [0.3, 0.4) is 0 Å². The van der Waals surface area contributed by atoms with Gasteiger partial charge in [-0.05, 0) is 21.9 Å². The van der Waals surface area contributed by atoms with Crippen molar-refractivity contribution in [1.29, 1.82) is 0 Å². The monoisotopic (exact) mass is 398 g/mol. The van der Waals surface area contributed by atoms with Crippen LogP contribution >= 0.6 is 0 Å². The van der Waals surface area contributed by atoms with E-state index >= 15 is 0 Å². The molecular weight excluding hydrogens is 380 g/mol. The van der Waals surface area contributed by atoms with Gasteiger partial charge in [-0.25, -0.2) is 4.98 Å². The lowest BCUT2D eigenvalue weighted by Gasteiger charge is -2.17. The average Bonchev–Trinajstić information content (AvgIpc) is 3.21. The molecule has 0 spiro atoms. The molecule has 3 heteroatoms. The van der Waals surface area contributed by atoms with E-state index in [0.717, 1.165) is 49.9 Å². The molecular formula is C28H18N2O. The molecule has 1 N–H and O–H groups in total. The highest BCUT2D eigenvalue weighted by Crippen LogP contribution is 2.45. The average molecular weight is 398 g/mol. The Hall–Kier alpha value is -3.95. The molecule has 0 fully saturated rings. The van der Waals surface area contributed by atoms with Gasteiger partial charge in [0.1, 0.15) is 5.82 Å². The highest BCUT2D eigenvalue weighted by atomic mass is 16.3.